The zero-order valence-corrected chi connectivity index (χ0v) is 10.8. The highest BCUT2D eigenvalue weighted by Crippen LogP contribution is 2.21. The molecule has 0 radical (unpaired) electrons. The summed E-state index contributed by atoms with van der Waals surface area (Å²) in [5.74, 6) is 1.49. The van der Waals surface area contributed by atoms with E-state index in [1.807, 2.05) is 48.5 Å². The second kappa shape index (κ2) is 5.48. The summed E-state index contributed by atoms with van der Waals surface area (Å²) in [6.07, 6.45) is 0. The lowest BCUT2D eigenvalue weighted by atomic mass is 10.2. The molecule has 0 spiro atoms. The molecule has 0 bridgehead atoms. The molecule has 0 saturated heterocycles. The molecule has 0 aliphatic heterocycles. The first-order valence-corrected chi connectivity index (χ1v) is 6.30. The standard InChI is InChI=1S/C16H14N2O2/c17-13-6-8-15(9-7-13)19-11-14-10-16(20-18-14)12-4-2-1-3-5-12/h1-10H,11,17H2. The fourth-order valence-electron chi connectivity index (χ4n) is 1.84. The number of nitrogens with two attached hydrogens (primary N) is 1. The van der Waals surface area contributed by atoms with Crippen molar-refractivity contribution in [3.63, 3.8) is 0 Å². The third-order valence-electron chi connectivity index (χ3n) is 2.88. The molecule has 1 aromatic heterocycles. The van der Waals surface area contributed by atoms with E-state index in [4.69, 9.17) is 15.0 Å². The van der Waals surface area contributed by atoms with Gasteiger partial charge < -0.3 is 15.0 Å². The van der Waals surface area contributed by atoms with Crippen molar-refractivity contribution in [3.8, 4) is 17.1 Å². The van der Waals surface area contributed by atoms with Gasteiger partial charge >= 0.3 is 0 Å². The second-order valence-electron chi connectivity index (χ2n) is 4.41. The minimum Gasteiger partial charge on any atom is -0.487 e. The maximum Gasteiger partial charge on any atom is 0.167 e. The van der Waals surface area contributed by atoms with E-state index in [1.165, 1.54) is 0 Å². The van der Waals surface area contributed by atoms with E-state index in [1.54, 1.807) is 12.1 Å². The van der Waals surface area contributed by atoms with E-state index in [0.717, 1.165) is 22.8 Å². The molecule has 0 amide bonds. The van der Waals surface area contributed by atoms with Crippen molar-refractivity contribution < 1.29 is 9.26 Å². The van der Waals surface area contributed by atoms with Crippen molar-refractivity contribution in [2.75, 3.05) is 5.73 Å². The average Bonchev–Trinajstić information content (AvgIpc) is 2.97. The van der Waals surface area contributed by atoms with Crippen LogP contribution in [0.25, 0.3) is 11.3 Å². The van der Waals surface area contributed by atoms with E-state index < -0.39 is 0 Å². The Hall–Kier alpha value is -2.75. The Balaban J connectivity index is 1.67. The third-order valence-corrected chi connectivity index (χ3v) is 2.88. The van der Waals surface area contributed by atoms with Crippen LogP contribution in [0.5, 0.6) is 5.75 Å². The van der Waals surface area contributed by atoms with E-state index >= 15 is 0 Å². The van der Waals surface area contributed by atoms with Crippen LogP contribution in [-0.2, 0) is 6.61 Å². The Morgan fingerprint density at radius 2 is 1.75 bits per heavy atom. The van der Waals surface area contributed by atoms with Crippen LogP contribution in [-0.4, -0.2) is 5.16 Å². The second-order valence-corrected chi connectivity index (χ2v) is 4.41. The predicted octanol–water partition coefficient (Wildman–Crippen LogP) is 3.50. The number of benzene rings is 2. The molecule has 0 aliphatic carbocycles. The molecule has 0 atom stereocenters. The van der Waals surface area contributed by atoms with Crippen LogP contribution in [0, 0.1) is 0 Å². The fourth-order valence-corrected chi connectivity index (χ4v) is 1.84. The molecule has 3 aromatic rings. The molecule has 1 heterocycles. The number of anilines is 1. The molecule has 20 heavy (non-hydrogen) atoms. The topological polar surface area (TPSA) is 61.3 Å². The van der Waals surface area contributed by atoms with Gasteiger partial charge in [0.2, 0.25) is 0 Å². The van der Waals surface area contributed by atoms with Crippen molar-refractivity contribution in [2.24, 2.45) is 0 Å². The Bertz CT molecular complexity index is 675. The summed E-state index contributed by atoms with van der Waals surface area (Å²) in [7, 11) is 0. The van der Waals surface area contributed by atoms with E-state index in [0.29, 0.717) is 12.3 Å². The molecule has 4 nitrogen and oxygen atoms in total. The Morgan fingerprint density at radius 3 is 2.50 bits per heavy atom. The molecular formula is C16H14N2O2. The molecule has 0 aliphatic rings. The number of nitrogen functional groups attached to an aromatic ring is 1. The summed E-state index contributed by atoms with van der Waals surface area (Å²) in [6.45, 7) is 0.361. The van der Waals surface area contributed by atoms with Crippen LogP contribution in [0.4, 0.5) is 5.69 Å². The van der Waals surface area contributed by atoms with Gasteiger partial charge in [-0.3, -0.25) is 0 Å². The molecular weight excluding hydrogens is 252 g/mol. The maximum absolute atomic E-state index is 5.62. The van der Waals surface area contributed by atoms with Gasteiger partial charge in [0.25, 0.3) is 0 Å². The van der Waals surface area contributed by atoms with Crippen LogP contribution >= 0.6 is 0 Å². The summed E-state index contributed by atoms with van der Waals surface area (Å²) in [6, 6.07) is 19.0. The maximum atomic E-state index is 5.62. The lowest BCUT2D eigenvalue weighted by Crippen LogP contribution is -1.95. The van der Waals surface area contributed by atoms with Crippen LogP contribution in [0.3, 0.4) is 0 Å². The molecule has 0 saturated carbocycles. The van der Waals surface area contributed by atoms with Crippen molar-refractivity contribution in [1.82, 2.24) is 5.16 Å². The highest BCUT2D eigenvalue weighted by molar-refractivity contribution is 5.56. The van der Waals surface area contributed by atoms with Gasteiger partial charge in [0.05, 0.1) is 0 Å². The quantitative estimate of drug-likeness (QED) is 0.734. The number of hydrogen-bond acceptors (Lipinski definition) is 4. The van der Waals surface area contributed by atoms with Gasteiger partial charge in [-0.05, 0) is 24.3 Å². The molecule has 0 fully saturated rings. The van der Waals surface area contributed by atoms with Gasteiger partial charge in [0, 0.05) is 17.3 Å². The van der Waals surface area contributed by atoms with Gasteiger partial charge in [0.15, 0.2) is 5.76 Å². The minimum absolute atomic E-state index is 0.361. The highest BCUT2D eigenvalue weighted by Gasteiger charge is 2.06. The SMILES string of the molecule is Nc1ccc(OCc2cc(-c3ccccc3)on2)cc1. The van der Waals surface area contributed by atoms with E-state index in [-0.39, 0.29) is 0 Å². The van der Waals surface area contributed by atoms with E-state index in [2.05, 4.69) is 5.16 Å². The summed E-state index contributed by atoms with van der Waals surface area (Å²) < 4.78 is 10.9. The van der Waals surface area contributed by atoms with Gasteiger partial charge in [-0.25, -0.2) is 0 Å². The number of aromatic nitrogens is 1. The average molecular weight is 266 g/mol. The smallest absolute Gasteiger partial charge is 0.167 e. The van der Waals surface area contributed by atoms with E-state index in [9.17, 15) is 0 Å². The van der Waals surface area contributed by atoms with Gasteiger partial charge in [-0.15, -0.1) is 0 Å². The lowest BCUT2D eigenvalue weighted by Gasteiger charge is -2.03. The first kappa shape index (κ1) is 12.3. The molecule has 2 N–H and O–H groups in total. The normalized spacial score (nSPS) is 10.4. The first-order chi connectivity index (χ1) is 9.81. The van der Waals surface area contributed by atoms with Crippen LogP contribution < -0.4 is 10.5 Å². The predicted molar refractivity (Wildman–Crippen MR) is 77.1 cm³/mol. The van der Waals surface area contributed by atoms with Crippen LogP contribution in [0.15, 0.2) is 65.2 Å². The van der Waals surface area contributed by atoms with Gasteiger partial charge in [-0.1, -0.05) is 35.5 Å². The molecule has 3 rings (SSSR count). The molecule has 0 unspecified atom stereocenters. The first-order valence-electron chi connectivity index (χ1n) is 6.30. The highest BCUT2D eigenvalue weighted by atomic mass is 16.5. The van der Waals surface area contributed by atoms with Crippen molar-refractivity contribution in [1.29, 1.82) is 0 Å². The monoisotopic (exact) mass is 266 g/mol. The fraction of sp³-hybridized carbons (Fsp3) is 0.0625. The Labute approximate surface area is 116 Å². The number of ether oxygens (including phenoxy) is 1. The summed E-state index contributed by atoms with van der Waals surface area (Å²) in [4.78, 5) is 0. The van der Waals surface area contributed by atoms with Gasteiger partial charge in [-0.2, -0.15) is 0 Å². The third kappa shape index (κ3) is 2.80. The summed E-state index contributed by atoms with van der Waals surface area (Å²) in [5, 5.41) is 4.00. The van der Waals surface area contributed by atoms with Crippen molar-refractivity contribution in [3.05, 3.63) is 66.4 Å². The van der Waals surface area contributed by atoms with Crippen molar-refractivity contribution in [2.45, 2.75) is 6.61 Å². The zero-order valence-electron chi connectivity index (χ0n) is 10.8. The van der Waals surface area contributed by atoms with Crippen molar-refractivity contribution >= 4 is 5.69 Å². The molecule has 4 heteroatoms. The van der Waals surface area contributed by atoms with Crippen LogP contribution in [0.1, 0.15) is 5.69 Å². The van der Waals surface area contributed by atoms with Gasteiger partial charge in [0.1, 0.15) is 18.1 Å². The van der Waals surface area contributed by atoms with Crippen LogP contribution in [0.2, 0.25) is 0 Å². The number of nitrogens with zero attached hydrogens (tertiary/aromatic N) is 1. The number of rotatable bonds is 4. The summed E-state index contributed by atoms with van der Waals surface area (Å²) in [5.41, 5.74) is 8.08. The Morgan fingerprint density at radius 1 is 1.00 bits per heavy atom. The number of hydrogen-bond donors (Lipinski definition) is 1. The molecule has 2 aromatic carbocycles. The zero-order chi connectivity index (χ0) is 13.8. The minimum atomic E-state index is 0.361. The summed E-state index contributed by atoms with van der Waals surface area (Å²) >= 11 is 0. The largest absolute Gasteiger partial charge is 0.487 e. The molecule has 100 valence electrons. The Kier molecular flexibility index (Phi) is 3.37. The lowest BCUT2D eigenvalue weighted by molar-refractivity contribution is 0.290.